The summed E-state index contributed by atoms with van der Waals surface area (Å²) in [5, 5.41) is 74.1. The van der Waals surface area contributed by atoms with Gasteiger partial charge in [0.1, 0.15) is 67.5 Å². The first-order chi connectivity index (χ1) is 63.5. The zero-order valence-corrected chi connectivity index (χ0v) is 79.5. The number of rotatable bonds is 31. The van der Waals surface area contributed by atoms with Crippen LogP contribution in [0.4, 0.5) is 43.8 Å². The molecule has 36 nitrogen and oxygen atoms in total. The molecule has 18 rings (SSSR count). The molecule has 2 aliphatic rings. The van der Waals surface area contributed by atoms with Gasteiger partial charge in [-0.1, -0.05) is 77.7 Å². The molecule has 16 aromatic rings. The molecule has 1 aliphatic heterocycles. The molecule has 0 amide bonds. The van der Waals surface area contributed by atoms with Crippen molar-refractivity contribution in [3.63, 3.8) is 0 Å². The number of ether oxygens (including phenoxy) is 6. The Bertz CT molecular complexity index is 5940. The maximum atomic E-state index is 9.71. The largest absolute Gasteiger partial charge is 0.452 e. The Morgan fingerprint density at radius 3 is 0.925 bits per heavy atom. The molecule has 10 N–H and O–H groups in total. The highest BCUT2D eigenvalue weighted by Gasteiger charge is 2.44. The molecule has 4 atom stereocenters. The lowest BCUT2D eigenvalue weighted by Gasteiger charge is -2.31. The molecule has 1 unspecified atom stereocenters. The maximum absolute atomic E-state index is 9.71. The van der Waals surface area contributed by atoms with E-state index in [2.05, 4.69) is 119 Å². The molecule has 133 heavy (non-hydrogen) atoms. The monoisotopic (exact) mass is 2000 g/mol. The standard InChI is InChI=1S/C26H26N6O3S2.3C20H18N6O3S2.3ClH/c1-17-19(8-7-13-27-17)34-20-14-18(36-22-9-3-6-12-28-22)15-29-23(20)30-25-31-24(32-37-25)21-16-33-26(35-21)10-4-2-5-11-26;3*1-12-15(5-4-8-21-12)29-16-9-13(30-17-6-2-3-7-22-17)10-23-19(16)25-20-24-18(26-31-20)14(28)11-27;;;/h3,6-9,12-15,21H,2,4-5,10-11,16H2,1H3,(H,29,30,31,32);3*2-10,14,27-28H,11H2,1H3,(H,23,24,25,26);3*1H/t;3*14-;;;/m.111.../s1. The summed E-state index contributed by atoms with van der Waals surface area (Å²) in [6, 6.07) is 45.0. The first-order valence-corrected chi connectivity index (χ1v) is 46.2. The van der Waals surface area contributed by atoms with Crippen LogP contribution in [0.15, 0.2) is 260 Å². The average molecular weight is 2010 g/mol. The van der Waals surface area contributed by atoms with Gasteiger partial charge < -0.3 is 80.3 Å². The van der Waals surface area contributed by atoms with Crippen molar-refractivity contribution in [1.82, 2.24) is 97.2 Å². The summed E-state index contributed by atoms with van der Waals surface area (Å²) < 4.78 is 53.7. The predicted molar refractivity (Wildman–Crippen MR) is 513 cm³/mol. The van der Waals surface area contributed by atoms with E-state index in [0.29, 0.717) is 102 Å². The van der Waals surface area contributed by atoms with Crippen LogP contribution in [0.2, 0.25) is 0 Å². The van der Waals surface area contributed by atoms with Crippen molar-refractivity contribution in [1.29, 1.82) is 0 Å². The lowest BCUT2D eigenvalue weighted by molar-refractivity contribution is -0.188. The summed E-state index contributed by atoms with van der Waals surface area (Å²) in [7, 11) is 0. The quantitative estimate of drug-likeness (QED) is 0.0193. The van der Waals surface area contributed by atoms with Crippen molar-refractivity contribution in [2.75, 3.05) is 47.7 Å². The number of anilines is 8. The van der Waals surface area contributed by atoms with Gasteiger partial charge in [-0.05, 0) is 138 Å². The van der Waals surface area contributed by atoms with Crippen molar-refractivity contribution >= 4 is 174 Å². The summed E-state index contributed by atoms with van der Waals surface area (Å²) in [5.41, 5.74) is 2.99. The fourth-order valence-electron chi connectivity index (χ4n) is 11.9. The van der Waals surface area contributed by atoms with E-state index < -0.39 is 43.9 Å². The molecule has 0 bridgehead atoms. The van der Waals surface area contributed by atoms with Crippen molar-refractivity contribution in [3.8, 4) is 46.0 Å². The fourth-order valence-corrected chi connectivity index (χ4v) is 17.4. The minimum Gasteiger partial charge on any atom is -0.452 e. The van der Waals surface area contributed by atoms with E-state index in [-0.39, 0.29) is 60.8 Å². The van der Waals surface area contributed by atoms with Crippen LogP contribution in [0.25, 0.3) is 0 Å². The molecule has 1 saturated heterocycles. The number of aromatic nitrogens is 20. The maximum Gasteiger partial charge on any atom is 0.208 e. The van der Waals surface area contributed by atoms with Crippen LogP contribution in [-0.2, 0) is 9.47 Å². The SMILES string of the molecule is Cc1ncccc1Oc1cc(Sc2ccccn2)cnc1Nc1nc(C2COC3(CCCCC3)O2)ns1.Cc1ncccc1Oc1cc(Sc2ccccn2)cnc1Nc1nc([C@H](O)CO)ns1.Cc1ncccc1Oc1cc(Sc2ccccn2)cnc1Nc1nc([C@H](O)CO)ns1.Cc1ncccc1Oc1cc(Sc2ccccn2)cnc1Nc1nc([C@H](O)CO)ns1.Cl.Cl.Cl. The number of aliphatic hydroxyl groups is 6. The van der Waals surface area contributed by atoms with E-state index in [4.69, 9.17) is 43.7 Å². The van der Waals surface area contributed by atoms with Gasteiger partial charge in [0.25, 0.3) is 0 Å². The smallest absolute Gasteiger partial charge is 0.208 e. The third kappa shape index (κ3) is 28.5. The highest BCUT2D eigenvalue weighted by molar-refractivity contribution is 8.00. The van der Waals surface area contributed by atoms with Gasteiger partial charge in [-0.25, -0.2) is 59.8 Å². The second kappa shape index (κ2) is 49.9. The van der Waals surface area contributed by atoms with Gasteiger partial charge >= 0.3 is 0 Å². The summed E-state index contributed by atoms with van der Waals surface area (Å²) in [4.78, 5) is 73.3. The molecule has 47 heteroatoms. The molecule has 2 fully saturated rings. The second-order valence-electron chi connectivity index (χ2n) is 27.7. The fraction of sp³-hybridized carbons (Fsp3) is 0.209. The van der Waals surface area contributed by atoms with Crippen LogP contribution >= 0.6 is 130 Å². The Morgan fingerprint density at radius 2 is 0.647 bits per heavy atom. The van der Waals surface area contributed by atoms with Gasteiger partial charge in [-0.2, -0.15) is 17.5 Å². The third-order valence-electron chi connectivity index (χ3n) is 18.3. The van der Waals surface area contributed by atoms with E-state index in [1.807, 2.05) is 155 Å². The van der Waals surface area contributed by atoms with Gasteiger partial charge in [0, 0.05) is 177 Å². The predicted octanol–water partition coefficient (Wildman–Crippen LogP) is 19.0. The average Bonchev–Trinajstić information content (AvgIpc) is 1.63. The lowest BCUT2D eigenvalue weighted by atomic mass is 9.94. The molecule has 1 aliphatic carbocycles. The summed E-state index contributed by atoms with van der Waals surface area (Å²) in [6.45, 7) is 6.58. The lowest BCUT2D eigenvalue weighted by Crippen LogP contribution is -2.32. The highest BCUT2D eigenvalue weighted by atomic mass is 35.5. The topological polar surface area (TPSA) is 483 Å². The summed E-state index contributed by atoms with van der Waals surface area (Å²) in [6.07, 6.45) is 22.4. The van der Waals surface area contributed by atoms with Crippen LogP contribution in [0.1, 0.15) is 103 Å². The van der Waals surface area contributed by atoms with Gasteiger partial charge in [-0.15, -0.1) is 37.2 Å². The molecular weight excluding hydrogens is 1920 g/mol. The van der Waals surface area contributed by atoms with Crippen LogP contribution < -0.4 is 40.2 Å². The number of nitrogens with zero attached hydrogens (tertiary/aromatic N) is 20. The van der Waals surface area contributed by atoms with E-state index in [1.165, 1.54) is 65.0 Å². The minimum atomic E-state index is -1.13. The molecule has 0 aromatic carbocycles. The van der Waals surface area contributed by atoms with E-state index >= 15 is 0 Å². The molecule has 16 aromatic heterocycles. The first kappa shape index (κ1) is 100. The van der Waals surface area contributed by atoms with E-state index in [0.717, 1.165) is 123 Å². The number of aryl methyl sites for hydroxylation is 4. The van der Waals surface area contributed by atoms with Gasteiger partial charge in [0.15, 0.2) is 75.4 Å². The molecule has 1 saturated carbocycles. The highest BCUT2D eigenvalue weighted by Crippen LogP contribution is 2.46. The number of aliphatic hydroxyl groups excluding tert-OH is 6. The van der Waals surface area contributed by atoms with Gasteiger partial charge in [-0.3, -0.25) is 19.9 Å². The number of hydrogen-bond acceptors (Lipinski definition) is 44. The first-order valence-electron chi connectivity index (χ1n) is 39.9. The molecule has 0 radical (unpaired) electrons. The van der Waals surface area contributed by atoms with Crippen LogP contribution in [0.5, 0.6) is 46.0 Å². The van der Waals surface area contributed by atoms with E-state index in [9.17, 15) is 15.3 Å². The Labute approximate surface area is 813 Å². The summed E-state index contributed by atoms with van der Waals surface area (Å²) in [5.74, 6) is 6.80. The Hall–Kier alpha value is -11.6. The molecule has 1 spiro atoms. The van der Waals surface area contributed by atoms with Crippen molar-refractivity contribution < 1.29 is 59.1 Å². The van der Waals surface area contributed by atoms with E-state index in [1.54, 1.807) is 92.6 Å². The number of hydrogen-bond donors (Lipinski definition) is 10. The number of pyridine rings is 12. The van der Waals surface area contributed by atoms with Gasteiger partial charge in [0.2, 0.25) is 20.5 Å². The van der Waals surface area contributed by atoms with Crippen LogP contribution in [0.3, 0.4) is 0 Å². The van der Waals surface area contributed by atoms with Crippen LogP contribution in [0, 0.1) is 27.7 Å². The van der Waals surface area contributed by atoms with Crippen molar-refractivity contribution in [2.24, 2.45) is 0 Å². The van der Waals surface area contributed by atoms with Crippen molar-refractivity contribution in [3.05, 3.63) is 266 Å². The summed E-state index contributed by atoms with van der Waals surface area (Å²) >= 11 is 10.3. The van der Waals surface area contributed by atoms with Crippen molar-refractivity contribution in [2.45, 2.75) is 130 Å². The zero-order chi connectivity index (χ0) is 90.0. The second-order valence-corrected chi connectivity index (χ2v) is 35.1. The Kier molecular flexibility index (Phi) is 37.7. The number of halogens is 3. The van der Waals surface area contributed by atoms with Gasteiger partial charge in [0.05, 0.1) is 49.2 Å². The van der Waals surface area contributed by atoms with Crippen LogP contribution in [-0.4, -0.2) is 160 Å². The normalized spacial score (nSPS) is 13.5. The molecule has 688 valence electrons. The minimum absolute atomic E-state index is 0. The Morgan fingerprint density at radius 1 is 0.361 bits per heavy atom. The zero-order valence-electron chi connectivity index (χ0n) is 70.5. The number of nitrogens with one attached hydrogen (secondary N) is 4. The Balaban J connectivity index is 0.000000159. The molecule has 17 heterocycles. The third-order valence-corrected chi connectivity index (χ3v) is 24.5. The molecular formula is C86H83Cl3N24O12S8.